The number of hydrogen-bond donors (Lipinski definition) is 1. The highest BCUT2D eigenvalue weighted by molar-refractivity contribution is 5.98. The van der Waals surface area contributed by atoms with Crippen LogP contribution in [0.25, 0.3) is 0 Å². The number of piperidine rings is 1. The van der Waals surface area contributed by atoms with Crippen molar-refractivity contribution in [3.05, 3.63) is 39.9 Å². The van der Waals surface area contributed by atoms with E-state index in [-0.39, 0.29) is 11.5 Å². The lowest BCUT2D eigenvalue weighted by atomic mass is 10.0. The molecule has 1 heterocycles. The Bertz CT molecular complexity index is 513. The van der Waals surface area contributed by atoms with E-state index in [0.29, 0.717) is 18.2 Å². The van der Waals surface area contributed by atoms with E-state index in [0.717, 1.165) is 32.5 Å². The number of Topliss-reactive ketones (excluding diaryl/α,β-unsaturated/α-hetero) is 1. The smallest absolute Gasteiger partial charge is 0.270 e. The van der Waals surface area contributed by atoms with Gasteiger partial charge in [0.05, 0.1) is 11.5 Å². The van der Waals surface area contributed by atoms with Gasteiger partial charge in [-0.2, -0.15) is 0 Å². The van der Waals surface area contributed by atoms with Gasteiger partial charge in [-0.05, 0) is 32.5 Å². The van der Waals surface area contributed by atoms with E-state index in [2.05, 4.69) is 10.2 Å². The zero-order valence-electron chi connectivity index (χ0n) is 12.2. The number of rotatable bonds is 6. The average molecular weight is 291 g/mol. The number of benzene rings is 1. The Labute approximate surface area is 124 Å². The van der Waals surface area contributed by atoms with Crippen molar-refractivity contribution in [2.75, 3.05) is 26.2 Å². The van der Waals surface area contributed by atoms with Crippen LogP contribution in [-0.2, 0) is 0 Å². The van der Waals surface area contributed by atoms with Crippen molar-refractivity contribution in [2.45, 2.75) is 25.8 Å². The lowest BCUT2D eigenvalue weighted by Crippen LogP contribution is -2.45. The summed E-state index contributed by atoms with van der Waals surface area (Å²) >= 11 is 0. The summed E-state index contributed by atoms with van der Waals surface area (Å²) in [6, 6.07) is 6.39. The van der Waals surface area contributed by atoms with E-state index in [9.17, 15) is 14.9 Å². The molecule has 1 aromatic rings. The molecule has 1 aromatic carbocycles. The summed E-state index contributed by atoms with van der Waals surface area (Å²) in [6.45, 7) is 5.13. The maximum atomic E-state index is 12.4. The van der Waals surface area contributed by atoms with Gasteiger partial charge in [0, 0.05) is 23.7 Å². The largest absolute Gasteiger partial charge is 0.317 e. The van der Waals surface area contributed by atoms with Gasteiger partial charge in [-0.15, -0.1) is 0 Å². The Morgan fingerprint density at radius 1 is 1.43 bits per heavy atom. The molecule has 2 rings (SSSR count). The highest BCUT2D eigenvalue weighted by Gasteiger charge is 2.22. The Morgan fingerprint density at radius 2 is 2.14 bits per heavy atom. The summed E-state index contributed by atoms with van der Waals surface area (Å²) < 4.78 is 0. The second kappa shape index (κ2) is 7.28. The predicted molar refractivity (Wildman–Crippen MR) is 80.6 cm³/mol. The second-order valence-electron chi connectivity index (χ2n) is 5.27. The molecule has 1 saturated heterocycles. The first-order chi connectivity index (χ1) is 10.1. The third-order valence-corrected chi connectivity index (χ3v) is 3.96. The van der Waals surface area contributed by atoms with Gasteiger partial charge in [0.1, 0.15) is 0 Å². The van der Waals surface area contributed by atoms with Crippen LogP contribution in [0.2, 0.25) is 0 Å². The lowest BCUT2D eigenvalue weighted by Gasteiger charge is -2.33. The van der Waals surface area contributed by atoms with Crippen molar-refractivity contribution < 1.29 is 9.72 Å². The number of nitro groups is 1. The summed E-state index contributed by atoms with van der Waals surface area (Å²) in [7, 11) is 0. The molecule has 0 amide bonds. The summed E-state index contributed by atoms with van der Waals surface area (Å²) in [5.74, 6) is -0.0564. The molecular formula is C15H21N3O3. The quantitative estimate of drug-likeness (QED) is 0.492. The highest BCUT2D eigenvalue weighted by atomic mass is 16.6. The SMILES string of the molecule is CCN(CC(=O)c1cccc([N+](=O)[O-])c1)C1CCNCC1. The van der Waals surface area contributed by atoms with Gasteiger partial charge in [-0.1, -0.05) is 19.1 Å². The second-order valence-corrected chi connectivity index (χ2v) is 5.27. The van der Waals surface area contributed by atoms with Crippen LogP contribution >= 0.6 is 0 Å². The third-order valence-electron chi connectivity index (χ3n) is 3.96. The van der Waals surface area contributed by atoms with E-state index in [1.165, 1.54) is 12.1 Å². The van der Waals surface area contributed by atoms with E-state index in [1.54, 1.807) is 12.1 Å². The Kier molecular flexibility index (Phi) is 5.41. The maximum absolute atomic E-state index is 12.4. The number of ketones is 1. The normalized spacial score (nSPS) is 16.1. The van der Waals surface area contributed by atoms with Gasteiger partial charge in [0.15, 0.2) is 5.78 Å². The molecule has 0 atom stereocenters. The number of nitro benzene ring substituents is 1. The van der Waals surface area contributed by atoms with Crippen LogP contribution in [-0.4, -0.2) is 47.8 Å². The van der Waals surface area contributed by atoms with Crippen molar-refractivity contribution in [1.29, 1.82) is 0 Å². The number of nitrogens with one attached hydrogen (secondary N) is 1. The summed E-state index contributed by atoms with van der Waals surface area (Å²) in [4.78, 5) is 24.8. The maximum Gasteiger partial charge on any atom is 0.270 e. The topological polar surface area (TPSA) is 75.5 Å². The van der Waals surface area contributed by atoms with Crippen molar-refractivity contribution in [2.24, 2.45) is 0 Å². The molecule has 114 valence electrons. The number of hydrogen-bond acceptors (Lipinski definition) is 5. The fraction of sp³-hybridized carbons (Fsp3) is 0.533. The molecule has 21 heavy (non-hydrogen) atoms. The van der Waals surface area contributed by atoms with Crippen molar-refractivity contribution >= 4 is 11.5 Å². The van der Waals surface area contributed by atoms with Crippen LogP contribution in [0.4, 0.5) is 5.69 Å². The van der Waals surface area contributed by atoms with E-state index in [1.807, 2.05) is 6.92 Å². The summed E-state index contributed by atoms with van der Waals surface area (Å²) in [6.07, 6.45) is 2.08. The number of carbonyl (C=O) groups is 1. The minimum Gasteiger partial charge on any atom is -0.317 e. The van der Waals surface area contributed by atoms with Gasteiger partial charge >= 0.3 is 0 Å². The first-order valence-corrected chi connectivity index (χ1v) is 7.34. The van der Waals surface area contributed by atoms with Crippen LogP contribution < -0.4 is 5.32 Å². The minimum atomic E-state index is -0.471. The van der Waals surface area contributed by atoms with Gasteiger partial charge < -0.3 is 5.32 Å². The van der Waals surface area contributed by atoms with Crippen LogP contribution in [0.1, 0.15) is 30.1 Å². The number of carbonyl (C=O) groups excluding carboxylic acids is 1. The number of likely N-dealkylation sites (N-methyl/N-ethyl adjacent to an activating group) is 1. The first-order valence-electron chi connectivity index (χ1n) is 7.34. The molecule has 0 saturated carbocycles. The van der Waals surface area contributed by atoms with Crippen LogP contribution in [0.3, 0.4) is 0 Å². The molecule has 0 unspecified atom stereocenters. The molecule has 0 aromatic heterocycles. The fourth-order valence-corrected chi connectivity index (χ4v) is 2.74. The molecule has 0 spiro atoms. The lowest BCUT2D eigenvalue weighted by molar-refractivity contribution is -0.384. The Morgan fingerprint density at radius 3 is 2.76 bits per heavy atom. The van der Waals surface area contributed by atoms with Crippen LogP contribution in [0, 0.1) is 10.1 Å². The Hall–Kier alpha value is -1.79. The zero-order chi connectivity index (χ0) is 15.2. The Balaban J connectivity index is 2.04. The summed E-state index contributed by atoms with van der Waals surface area (Å²) in [5.41, 5.74) is 0.377. The van der Waals surface area contributed by atoms with Crippen molar-refractivity contribution in [3.63, 3.8) is 0 Å². The predicted octanol–water partition coefficient (Wildman–Crippen LogP) is 1.85. The van der Waals surface area contributed by atoms with Crippen molar-refractivity contribution in [3.8, 4) is 0 Å². The van der Waals surface area contributed by atoms with Gasteiger partial charge in [0.2, 0.25) is 0 Å². The van der Waals surface area contributed by atoms with E-state index >= 15 is 0 Å². The molecule has 1 N–H and O–H groups in total. The van der Waals surface area contributed by atoms with E-state index < -0.39 is 4.92 Å². The van der Waals surface area contributed by atoms with Gasteiger partial charge in [0.25, 0.3) is 5.69 Å². The molecule has 1 fully saturated rings. The number of nitrogens with zero attached hydrogens (tertiary/aromatic N) is 2. The third kappa shape index (κ3) is 4.09. The van der Waals surface area contributed by atoms with E-state index in [4.69, 9.17) is 0 Å². The molecule has 6 nitrogen and oxygen atoms in total. The number of non-ortho nitro benzene ring substituents is 1. The minimum absolute atomic E-state index is 0.0363. The molecule has 6 heteroatoms. The van der Waals surface area contributed by atoms with Gasteiger partial charge in [-0.25, -0.2) is 0 Å². The average Bonchev–Trinajstić information content (AvgIpc) is 2.53. The first kappa shape index (κ1) is 15.6. The van der Waals surface area contributed by atoms with Crippen molar-refractivity contribution in [1.82, 2.24) is 10.2 Å². The summed E-state index contributed by atoms with van der Waals surface area (Å²) in [5, 5.41) is 14.1. The zero-order valence-corrected chi connectivity index (χ0v) is 12.2. The molecule has 1 aliphatic heterocycles. The standard InChI is InChI=1S/C15H21N3O3/c1-2-17(13-6-8-16-9-7-13)11-15(19)12-4-3-5-14(10-12)18(20)21/h3-5,10,13,16H,2,6-9,11H2,1H3. The highest BCUT2D eigenvalue weighted by Crippen LogP contribution is 2.16. The van der Waals surface area contributed by atoms with Crippen LogP contribution in [0.15, 0.2) is 24.3 Å². The monoisotopic (exact) mass is 291 g/mol. The van der Waals surface area contributed by atoms with Gasteiger partial charge in [-0.3, -0.25) is 19.8 Å². The molecule has 1 aliphatic rings. The van der Waals surface area contributed by atoms with Crippen LogP contribution in [0.5, 0.6) is 0 Å². The molecule has 0 radical (unpaired) electrons. The molecular weight excluding hydrogens is 270 g/mol. The fourth-order valence-electron chi connectivity index (χ4n) is 2.74. The molecule has 0 aliphatic carbocycles. The molecule has 0 bridgehead atoms.